The summed E-state index contributed by atoms with van der Waals surface area (Å²) in [6, 6.07) is 17.1. The topological polar surface area (TPSA) is 84.5 Å². The van der Waals surface area contributed by atoms with Crippen LogP contribution in [0.25, 0.3) is 10.9 Å². The van der Waals surface area contributed by atoms with E-state index in [-0.39, 0.29) is 11.9 Å². The van der Waals surface area contributed by atoms with Crippen LogP contribution in [0.3, 0.4) is 0 Å². The molecule has 1 saturated heterocycles. The van der Waals surface area contributed by atoms with Crippen molar-refractivity contribution in [2.24, 2.45) is 5.41 Å². The van der Waals surface area contributed by atoms with Gasteiger partial charge in [-0.1, -0.05) is 36.4 Å². The molecule has 1 aromatic heterocycles. The number of rotatable bonds is 7. The number of para-hydroxylation sites is 2. The third-order valence-electron chi connectivity index (χ3n) is 5.84. The monoisotopic (exact) mass is 421 g/mol. The number of nitrogens with zero attached hydrogens (tertiary/aromatic N) is 2. The van der Waals surface area contributed by atoms with E-state index in [9.17, 15) is 9.59 Å². The Hall–Kier alpha value is -3.35. The second-order valence-corrected chi connectivity index (χ2v) is 7.86. The van der Waals surface area contributed by atoms with E-state index in [2.05, 4.69) is 10.2 Å². The fourth-order valence-corrected chi connectivity index (χ4v) is 4.22. The van der Waals surface area contributed by atoms with Crippen molar-refractivity contribution >= 4 is 22.8 Å². The number of carbonyl (C=O) groups is 2. The molecule has 162 valence electrons. The molecule has 0 bridgehead atoms. The largest absolute Gasteiger partial charge is 0.494 e. The maximum absolute atomic E-state index is 13.3. The lowest BCUT2D eigenvalue weighted by atomic mass is 9.77. The number of piperidine rings is 1. The molecule has 4 rings (SSSR count). The number of H-pyrrole nitrogens is 1. The summed E-state index contributed by atoms with van der Waals surface area (Å²) in [5, 5.41) is 7.94. The van der Waals surface area contributed by atoms with Crippen LogP contribution in [0, 0.1) is 5.41 Å². The number of ether oxygens (including phenoxy) is 2. The summed E-state index contributed by atoms with van der Waals surface area (Å²) in [6.07, 6.45) is 1.86. The van der Waals surface area contributed by atoms with Gasteiger partial charge in [-0.05, 0) is 44.4 Å². The van der Waals surface area contributed by atoms with Crippen LogP contribution < -0.4 is 4.74 Å². The van der Waals surface area contributed by atoms with Crippen LogP contribution in [0.2, 0.25) is 0 Å². The van der Waals surface area contributed by atoms with Gasteiger partial charge in [-0.3, -0.25) is 14.7 Å². The summed E-state index contributed by atoms with van der Waals surface area (Å²) >= 11 is 0. The number of benzene rings is 2. The molecule has 1 amide bonds. The molecule has 1 N–H and O–H groups in total. The SMILES string of the molecule is CCOC(=O)C1(CCOc2ccccc2)CCCN(C(=O)c2n[nH]c3ccccc23)C1. The zero-order valence-corrected chi connectivity index (χ0v) is 17.7. The first-order valence-corrected chi connectivity index (χ1v) is 10.7. The number of nitrogens with one attached hydrogen (secondary N) is 1. The van der Waals surface area contributed by atoms with Crippen LogP contribution in [-0.2, 0) is 9.53 Å². The van der Waals surface area contributed by atoms with Crippen molar-refractivity contribution in [1.29, 1.82) is 0 Å². The summed E-state index contributed by atoms with van der Waals surface area (Å²) in [5.74, 6) is 0.319. The van der Waals surface area contributed by atoms with Gasteiger partial charge in [0, 0.05) is 18.5 Å². The Bertz CT molecular complexity index is 1050. The van der Waals surface area contributed by atoms with Crippen molar-refractivity contribution < 1.29 is 19.1 Å². The Labute approximate surface area is 181 Å². The van der Waals surface area contributed by atoms with Crippen LogP contribution in [-0.4, -0.2) is 53.3 Å². The molecule has 31 heavy (non-hydrogen) atoms. The normalized spacial score (nSPS) is 18.7. The minimum atomic E-state index is -0.787. The predicted octanol–water partition coefficient (Wildman–Crippen LogP) is 3.82. The molecule has 0 aliphatic carbocycles. The minimum Gasteiger partial charge on any atom is -0.494 e. The van der Waals surface area contributed by atoms with E-state index in [1.165, 1.54) is 0 Å². The smallest absolute Gasteiger partial charge is 0.314 e. The van der Waals surface area contributed by atoms with Gasteiger partial charge in [0.25, 0.3) is 5.91 Å². The van der Waals surface area contributed by atoms with Gasteiger partial charge in [-0.15, -0.1) is 0 Å². The molecular formula is C24H27N3O4. The maximum atomic E-state index is 13.3. The Kier molecular flexibility index (Phi) is 6.21. The summed E-state index contributed by atoms with van der Waals surface area (Å²) in [7, 11) is 0. The standard InChI is InChI=1S/C24H27N3O4/c1-2-30-23(29)24(14-16-31-18-9-4-3-5-10-18)13-8-15-27(17-24)22(28)21-19-11-6-7-12-20(19)25-26-21/h3-7,9-12H,2,8,13-17H2,1H3,(H,25,26). The van der Waals surface area contributed by atoms with Crippen LogP contribution in [0.5, 0.6) is 5.75 Å². The van der Waals surface area contributed by atoms with Crippen molar-refractivity contribution in [2.45, 2.75) is 26.2 Å². The Morgan fingerprint density at radius 3 is 2.71 bits per heavy atom. The molecule has 1 unspecified atom stereocenters. The lowest BCUT2D eigenvalue weighted by Crippen LogP contribution is -2.51. The van der Waals surface area contributed by atoms with E-state index in [1.54, 1.807) is 11.8 Å². The summed E-state index contributed by atoms with van der Waals surface area (Å²) < 4.78 is 11.3. The number of aromatic amines is 1. The quantitative estimate of drug-likeness (QED) is 0.587. The third-order valence-corrected chi connectivity index (χ3v) is 5.84. The van der Waals surface area contributed by atoms with E-state index in [1.807, 2.05) is 54.6 Å². The number of fused-ring (bicyclic) bond motifs is 1. The first-order valence-electron chi connectivity index (χ1n) is 10.7. The van der Waals surface area contributed by atoms with E-state index in [4.69, 9.17) is 9.47 Å². The molecule has 1 aliphatic rings. The van der Waals surface area contributed by atoms with Gasteiger partial charge >= 0.3 is 5.97 Å². The zero-order chi connectivity index (χ0) is 21.7. The molecule has 1 aliphatic heterocycles. The molecule has 7 heteroatoms. The molecular weight excluding hydrogens is 394 g/mol. The number of aromatic nitrogens is 2. The summed E-state index contributed by atoms with van der Waals surface area (Å²) in [5.41, 5.74) is 0.414. The average molecular weight is 421 g/mol. The molecule has 2 heterocycles. The molecule has 7 nitrogen and oxygen atoms in total. The van der Waals surface area contributed by atoms with Crippen molar-refractivity contribution in [1.82, 2.24) is 15.1 Å². The first-order chi connectivity index (χ1) is 15.1. The highest BCUT2D eigenvalue weighted by Gasteiger charge is 2.45. The summed E-state index contributed by atoms with van der Waals surface area (Å²) in [6.45, 7) is 3.35. The fraction of sp³-hybridized carbons (Fsp3) is 0.375. The van der Waals surface area contributed by atoms with Gasteiger partial charge in [0.2, 0.25) is 0 Å². The van der Waals surface area contributed by atoms with E-state index < -0.39 is 5.41 Å². The predicted molar refractivity (Wildman–Crippen MR) is 117 cm³/mol. The van der Waals surface area contributed by atoms with E-state index in [0.29, 0.717) is 44.8 Å². The lowest BCUT2D eigenvalue weighted by Gasteiger charge is -2.40. The van der Waals surface area contributed by atoms with Crippen LogP contribution in [0.4, 0.5) is 0 Å². The molecule has 0 spiro atoms. The third kappa shape index (κ3) is 4.40. The highest BCUT2D eigenvalue weighted by Crippen LogP contribution is 2.36. The van der Waals surface area contributed by atoms with Gasteiger partial charge in [0.1, 0.15) is 5.75 Å². The average Bonchev–Trinajstić information content (AvgIpc) is 3.24. The van der Waals surface area contributed by atoms with Crippen LogP contribution in [0.1, 0.15) is 36.7 Å². The van der Waals surface area contributed by atoms with Crippen molar-refractivity contribution in [2.75, 3.05) is 26.3 Å². The maximum Gasteiger partial charge on any atom is 0.314 e. The number of esters is 1. The molecule has 0 saturated carbocycles. The van der Waals surface area contributed by atoms with Crippen LogP contribution in [0.15, 0.2) is 54.6 Å². The second-order valence-electron chi connectivity index (χ2n) is 7.86. The fourth-order valence-electron chi connectivity index (χ4n) is 4.22. The van der Waals surface area contributed by atoms with Gasteiger partial charge in [0.15, 0.2) is 5.69 Å². The van der Waals surface area contributed by atoms with Gasteiger partial charge < -0.3 is 14.4 Å². The molecule has 1 atom stereocenters. The lowest BCUT2D eigenvalue weighted by molar-refractivity contribution is -0.159. The number of carbonyl (C=O) groups excluding carboxylic acids is 2. The molecule has 3 aromatic rings. The first kappa shape index (κ1) is 20.9. The highest BCUT2D eigenvalue weighted by atomic mass is 16.5. The van der Waals surface area contributed by atoms with Gasteiger partial charge in [-0.2, -0.15) is 5.10 Å². The van der Waals surface area contributed by atoms with Crippen molar-refractivity contribution in [3.63, 3.8) is 0 Å². The Morgan fingerprint density at radius 2 is 1.90 bits per heavy atom. The zero-order valence-electron chi connectivity index (χ0n) is 17.7. The molecule has 0 radical (unpaired) electrons. The number of hydrogen-bond donors (Lipinski definition) is 1. The molecule has 1 fully saturated rings. The van der Waals surface area contributed by atoms with Crippen molar-refractivity contribution in [3.05, 3.63) is 60.3 Å². The highest BCUT2D eigenvalue weighted by molar-refractivity contribution is 6.04. The molecule has 2 aromatic carbocycles. The van der Waals surface area contributed by atoms with E-state index >= 15 is 0 Å². The Morgan fingerprint density at radius 1 is 1.13 bits per heavy atom. The number of amides is 1. The van der Waals surface area contributed by atoms with Crippen molar-refractivity contribution in [3.8, 4) is 5.75 Å². The second kappa shape index (κ2) is 9.20. The van der Waals surface area contributed by atoms with Gasteiger partial charge in [0.05, 0.1) is 24.1 Å². The number of hydrogen-bond acceptors (Lipinski definition) is 5. The van der Waals surface area contributed by atoms with Gasteiger partial charge in [-0.25, -0.2) is 0 Å². The number of likely N-dealkylation sites (tertiary alicyclic amines) is 1. The summed E-state index contributed by atoms with van der Waals surface area (Å²) in [4.78, 5) is 28.0. The Balaban J connectivity index is 1.52. The van der Waals surface area contributed by atoms with E-state index in [0.717, 1.165) is 23.1 Å². The minimum absolute atomic E-state index is 0.171. The van der Waals surface area contributed by atoms with Crippen LogP contribution >= 0.6 is 0 Å².